The van der Waals surface area contributed by atoms with Crippen LogP contribution in [0.15, 0.2) is 42.5 Å². The minimum atomic E-state index is -3.81. The average Bonchev–Trinajstić information content (AvgIpc) is 2.36. The molecule has 0 amide bonds. The summed E-state index contributed by atoms with van der Waals surface area (Å²) in [6.07, 6.45) is 0. The van der Waals surface area contributed by atoms with E-state index < -0.39 is 21.7 Å². The summed E-state index contributed by atoms with van der Waals surface area (Å²) in [6, 6.07) is 8.86. The first-order valence-corrected chi connectivity index (χ1v) is 7.68. The van der Waals surface area contributed by atoms with Crippen LogP contribution in [0.25, 0.3) is 0 Å². The summed E-state index contributed by atoms with van der Waals surface area (Å²) in [5.41, 5.74) is 0.872. The van der Waals surface area contributed by atoms with Crippen LogP contribution in [0.3, 0.4) is 0 Å². The summed E-state index contributed by atoms with van der Waals surface area (Å²) in [5.74, 6) is -2.09. The maximum absolute atomic E-state index is 13.0. The molecule has 0 atom stereocenters. The van der Waals surface area contributed by atoms with Crippen LogP contribution in [0, 0.1) is 11.6 Å². The first-order valence-electron chi connectivity index (χ1n) is 6.03. The Morgan fingerprint density at radius 1 is 1.00 bits per heavy atom. The summed E-state index contributed by atoms with van der Waals surface area (Å²) < 4.78 is 52.1. The number of sulfonamides is 1. The van der Waals surface area contributed by atoms with E-state index in [2.05, 4.69) is 4.72 Å². The lowest BCUT2D eigenvalue weighted by atomic mass is 10.1. The molecule has 0 radical (unpaired) electrons. The molecule has 7 heteroatoms. The molecule has 0 aliphatic carbocycles. The molecule has 0 saturated heterocycles. The van der Waals surface area contributed by atoms with E-state index >= 15 is 0 Å². The van der Waals surface area contributed by atoms with Crippen molar-refractivity contribution in [3.8, 4) is 0 Å². The van der Waals surface area contributed by atoms with Crippen molar-refractivity contribution in [1.82, 2.24) is 0 Å². The van der Waals surface area contributed by atoms with Crippen molar-refractivity contribution >= 4 is 15.7 Å². The number of rotatable bonds is 5. The molecule has 0 aliphatic heterocycles. The van der Waals surface area contributed by atoms with Crippen molar-refractivity contribution in [2.75, 3.05) is 4.72 Å². The van der Waals surface area contributed by atoms with Gasteiger partial charge in [-0.25, -0.2) is 17.2 Å². The third-order valence-electron chi connectivity index (χ3n) is 2.67. The first kappa shape index (κ1) is 15.4. The molecule has 21 heavy (non-hydrogen) atoms. The Bertz CT molecular complexity index is 727. The highest BCUT2D eigenvalue weighted by Crippen LogP contribution is 2.16. The van der Waals surface area contributed by atoms with E-state index in [1.54, 1.807) is 24.3 Å². The molecule has 2 rings (SSSR count). The number of hydrogen-bond acceptors (Lipinski definition) is 3. The summed E-state index contributed by atoms with van der Waals surface area (Å²) in [5, 5.41) is 9.01. The smallest absolute Gasteiger partial charge is 0.236 e. The van der Waals surface area contributed by atoms with Gasteiger partial charge >= 0.3 is 0 Å². The highest BCUT2D eigenvalue weighted by Gasteiger charge is 2.13. The Morgan fingerprint density at radius 3 is 2.24 bits per heavy atom. The predicted octanol–water partition coefficient (Wildman–Crippen LogP) is 2.40. The molecule has 112 valence electrons. The zero-order valence-electron chi connectivity index (χ0n) is 10.9. The average molecular weight is 313 g/mol. The van der Waals surface area contributed by atoms with Crippen molar-refractivity contribution in [3.63, 3.8) is 0 Å². The third kappa shape index (κ3) is 4.51. The normalized spacial score (nSPS) is 11.4. The number of halogens is 2. The minimum absolute atomic E-state index is 0.175. The van der Waals surface area contributed by atoms with Gasteiger partial charge in [0.25, 0.3) is 0 Å². The molecule has 0 heterocycles. The molecule has 0 spiro atoms. The van der Waals surface area contributed by atoms with Gasteiger partial charge in [-0.3, -0.25) is 4.72 Å². The number of nitrogens with one attached hydrogen (secondary N) is 1. The van der Waals surface area contributed by atoms with Crippen molar-refractivity contribution in [1.29, 1.82) is 0 Å². The van der Waals surface area contributed by atoms with Crippen LogP contribution < -0.4 is 4.72 Å². The van der Waals surface area contributed by atoms with Crippen molar-refractivity contribution < 1.29 is 22.3 Å². The molecule has 2 aromatic rings. The van der Waals surface area contributed by atoms with Gasteiger partial charge in [-0.15, -0.1) is 0 Å². The molecular weight excluding hydrogens is 300 g/mol. The fraction of sp³-hybridized carbons (Fsp3) is 0.143. The van der Waals surface area contributed by atoms with E-state index in [1.807, 2.05) is 0 Å². The summed E-state index contributed by atoms with van der Waals surface area (Å²) >= 11 is 0. The van der Waals surface area contributed by atoms with E-state index in [0.29, 0.717) is 17.2 Å². The molecule has 2 N–H and O–H groups in total. The van der Waals surface area contributed by atoms with E-state index in [1.165, 1.54) is 0 Å². The van der Waals surface area contributed by atoms with Crippen LogP contribution in [0.2, 0.25) is 0 Å². The van der Waals surface area contributed by atoms with Gasteiger partial charge in [0.15, 0.2) is 0 Å². The van der Waals surface area contributed by atoms with Crippen LogP contribution in [0.1, 0.15) is 11.1 Å². The largest absolute Gasteiger partial charge is 0.392 e. The van der Waals surface area contributed by atoms with E-state index in [0.717, 1.165) is 12.1 Å². The third-order valence-corrected chi connectivity index (χ3v) is 3.93. The zero-order chi connectivity index (χ0) is 15.5. The molecule has 0 saturated carbocycles. The van der Waals surface area contributed by atoms with Crippen LogP contribution in [0.4, 0.5) is 14.5 Å². The van der Waals surface area contributed by atoms with E-state index in [-0.39, 0.29) is 18.0 Å². The van der Waals surface area contributed by atoms with Gasteiger partial charge in [0.1, 0.15) is 11.6 Å². The van der Waals surface area contributed by atoms with Gasteiger partial charge in [-0.1, -0.05) is 24.3 Å². The number of aliphatic hydroxyl groups excluding tert-OH is 1. The van der Waals surface area contributed by atoms with Crippen LogP contribution in [0.5, 0.6) is 0 Å². The highest BCUT2D eigenvalue weighted by atomic mass is 32.2. The number of aliphatic hydroxyl groups is 1. The predicted molar refractivity (Wildman–Crippen MR) is 75.0 cm³/mol. The van der Waals surface area contributed by atoms with Gasteiger partial charge in [-0.05, 0) is 23.3 Å². The molecular formula is C14H13F2NO3S. The molecule has 2 aromatic carbocycles. The van der Waals surface area contributed by atoms with E-state index in [4.69, 9.17) is 5.11 Å². The van der Waals surface area contributed by atoms with Crippen LogP contribution in [-0.2, 0) is 22.4 Å². The maximum Gasteiger partial charge on any atom is 0.236 e. The molecule has 0 aliphatic rings. The Kier molecular flexibility index (Phi) is 4.54. The van der Waals surface area contributed by atoms with Gasteiger partial charge in [-0.2, -0.15) is 0 Å². The highest BCUT2D eigenvalue weighted by molar-refractivity contribution is 7.91. The Morgan fingerprint density at radius 2 is 1.62 bits per heavy atom. The number of benzene rings is 2. The molecule has 0 aromatic heterocycles. The molecule has 0 fully saturated rings. The zero-order valence-corrected chi connectivity index (χ0v) is 11.7. The van der Waals surface area contributed by atoms with Crippen molar-refractivity contribution in [3.05, 3.63) is 65.2 Å². The Labute approximate surface area is 121 Å². The second-order valence-corrected chi connectivity index (χ2v) is 6.22. The standard InChI is InChI=1S/C14H13F2NO3S/c15-12-5-13(16)7-14(6-12)17-21(19,20)9-11-3-1-2-10(4-11)8-18/h1-7,17-18H,8-9H2. The lowest BCUT2D eigenvalue weighted by molar-refractivity contribution is 0.282. The van der Waals surface area contributed by atoms with Crippen LogP contribution >= 0.6 is 0 Å². The Balaban J connectivity index is 2.18. The topological polar surface area (TPSA) is 66.4 Å². The first-order chi connectivity index (χ1) is 9.88. The van der Waals surface area contributed by atoms with E-state index in [9.17, 15) is 17.2 Å². The van der Waals surface area contributed by atoms with Gasteiger partial charge < -0.3 is 5.11 Å². The molecule has 4 nitrogen and oxygen atoms in total. The molecule has 0 bridgehead atoms. The van der Waals surface area contributed by atoms with Gasteiger partial charge in [0.05, 0.1) is 18.0 Å². The van der Waals surface area contributed by atoms with Gasteiger partial charge in [0, 0.05) is 6.07 Å². The van der Waals surface area contributed by atoms with Crippen molar-refractivity contribution in [2.24, 2.45) is 0 Å². The fourth-order valence-corrected chi connectivity index (χ4v) is 3.03. The summed E-state index contributed by atoms with van der Waals surface area (Å²) in [6.45, 7) is -0.198. The second kappa shape index (κ2) is 6.19. The Hall–Kier alpha value is -1.99. The second-order valence-electron chi connectivity index (χ2n) is 4.50. The summed E-state index contributed by atoms with van der Waals surface area (Å²) in [7, 11) is -3.81. The number of anilines is 1. The van der Waals surface area contributed by atoms with Gasteiger partial charge in [0.2, 0.25) is 10.0 Å². The van der Waals surface area contributed by atoms with Crippen molar-refractivity contribution in [2.45, 2.75) is 12.4 Å². The lowest BCUT2D eigenvalue weighted by Gasteiger charge is -2.09. The molecule has 0 unspecified atom stereocenters. The lowest BCUT2D eigenvalue weighted by Crippen LogP contribution is -2.15. The number of hydrogen-bond donors (Lipinski definition) is 2. The minimum Gasteiger partial charge on any atom is -0.392 e. The fourth-order valence-electron chi connectivity index (χ4n) is 1.87. The SMILES string of the molecule is O=S(=O)(Cc1cccc(CO)c1)Nc1cc(F)cc(F)c1. The quantitative estimate of drug-likeness (QED) is 0.891. The monoisotopic (exact) mass is 313 g/mol. The summed E-state index contributed by atoms with van der Waals surface area (Å²) in [4.78, 5) is 0. The van der Waals surface area contributed by atoms with Crippen LogP contribution in [-0.4, -0.2) is 13.5 Å². The maximum atomic E-state index is 13.0.